The zero-order valence-corrected chi connectivity index (χ0v) is 13.0. The van der Waals surface area contributed by atoms with E-state index in [9.17, 15) is 4.39 Å². The van der Waals surface area contributed by atoms with Crippen molar-refractivity contribution in [3.05, 3.63) is 53.5 Å². The molecule has 7 nitrogen and oxygen atoms in total. The number of nitrogens with one attached hydrogen (secondary N) is 1. The zero-order valence-electron chi connectivity index (χ0n) is 13.0. The number of aromatic amines is 1. The summed E-state index contributed by atoms with van der Waals surface area (Å²) < 4.78 is 13.0. The van der Waals surface area contributed by atoms with Gasteiger partial charge < -0.3 is 11.5 Å². The maximum absolute atomic E-state index is 13.0. The fraction of sp³-hybridized carbons (Fsp3) is 0.125. The summed E-state index contributed by atoms with van der Waals surface area (Å²) >= 11 is 0. The van der Waals surface area contributed by atoms with Crippen LogP contribution in [-0.2, 0) is 6.42 Å². The van der Waals surface area contributed by atoms with Crippen LogP contribution in [0.5, 0.6) is 0 Å². The van der Waals surface area contributed by atoms with Crippen LogP contribution in [-0.4, -0.2) is 26.1 Å². The van der Waals surface area contributed by atoms with Crippen molar-refractivity contribution in [1.29, 1.82) is 0 Å². The van der Waals surface area contributed by atoms with Crippen LogP contribution >= 0.6 is 0 Å². The van der Waals surface area contributed by atoms with E-state index in [2.05, 4.69) is 25.4 Å². The van der Waals surface area contributed by atoms with Crippen LogP contribution in [0, 0.1) is 5.82 Å². The predicted molar refractivity (Wildman–Crippen MR) is 91.2 cm³/mol. The molecule has 5 N–H and O–H groups in total. The molecular formula is C16H16FN7. The predicted octanol–water partition coefficient (Wildman–Crippen LogP) is 2.25. The summed E-state index contributed by atoms with van der Waals surface area (Å²) in [5, 5.41) is 10.6. The molecule has 1 aromatic carbocycles. The third-order valence-electron chi connectivity index (χ3n) is 3.56. The lowest BCUT2D eigenvalue weighted by Crippen LogP contribution is -2.06. The van der Waals surface area contributed by atoms with Crippen LogP contribution < -0.4 is 11.5 Å². The molecule has 0 aliphatic heterocycles. The van der Waals surface area contributed by atoms with E-state index in [0.29, 0.717) is 29.1 Å². The van der Waals surface area contributed by atoms with Crippen LogP contribution in [0.3, 0.4) is 0 Å². The zero-order chi connectivity index (χ0) is 17.1. The second kappa shape index (κ2) is 6.45. The number of hydrogen-bond donors (Lipinski definition) is 3. The van der Waals surface area contributed by atoms with Gasteiger partial charge in [-0.25, -0.2) is 9.37 Å². The van der Waals surface area contributed by atoms with E-state index in [-0.39, 0.29) is 5.82 Å². The third-order valence-corrected chi connectivity index (χ3v) is 3.56. The fourth-order valence-electron chi connectivity index (χ4n) is 2.35. The summed E-state index contributed by atoms with van der Waals surface area (Å²) in [6.07, 6.45) is 1.97. The Morgan fingerprint density at radius 2 is 2.04 bits per heavy atom. The van der Waals surface area contributed by atoms with Gasteiger partial charge in [0.25, 0.3) is 0 Å². The molecule has 24 heavy (non-hydrogen) atoms. The van der Waals surface area contributed by atoms with Gasteiger partial charge in [0.15, 0.2) is 0 Å². The number of aliphatic imine (C=N–C) groups is 1. The highest BCUT2D eigenvalue weighted by atomic mass is 19.1. The Kier molecular flexibility index (Phi) is 4.19. The van der Waals surface area contributed by atoms with E-state index < -0.39 is 0 Å². The summed E-state index contributed by atoms with van der Waals surface area (Å²) in [5.74, 6) is 0.0535. The number of nitrogen functional groups attached to an aromatic ring is 1. The minimum absolute atomic E-state index is 0.304. The van der Waals surface area contributed by atoms with Gasteiger partial charge in [0.1, 0.15) is 17.2 Å². The molecule has 0 bridgehead atoms. The monoisotopic (exact) mass is 325 g/mol. The number of nitrogens with zero attached hydrogens (tertiary/aromatic N) is 4. The summed E-state index contributed by atoms with van der Waals surface area (Å²) in [6.45, 7) is 1.84. The van der Waals surface area contributed by atoms with E-state index in [1.807, 2.05) is 6.92 Å². The standard InChI is InChI=1S/C16H16FN7/c1-9(20-13-4-2-12(17)3-5-13)11(8-18)6-10-7-14(19)21-16-15(10)22-24-23-16/h2-5,7-8H,6,18H2,1H3,(H3,19,21,22,23,24). The fourth-order valence-corrected chi connectivity index (χ4v) is 2.35. The molecule has 0 aliphatic rings. The summed E-state index contributed by atoms with van der Waals surface area (Å²) in [5.41, 5.74) is 15.7. The lowest BCUT2D eigenvalue weighted by molar-refractivity contribution is 0.628. The van der Waals surface area contributed by atoms with Gasteiger partial charge >= 0.3 is 0 Å². The Morgan fingerprint density at radius 3 is 2.75 bits per heavy atom. The first kappa shape index (κ1) is 15.6. The minimum Gasteiger partial charge on any atom is -0.404 e. The molecule has 3 rings (SSSR count). The van der Waals surface area contributed by atoms with Crippen LogP contribution in [0.1, 0.15) is 12.5 Å². The summed E-state index contributed by atoms with van der Waals surface area (Å²) in [4.78, 5) is 8.58. The van der Waals surface area contributed by atoms with Crippen molar-refractivity contribution >= 4 is 28.4 Å². The number of nitrogens with two attached hydrogens (primary N) is 2. The summed E-state index contributed by atoms with van der Waals surface area (Å²) in [6, 6.07) is 7.67. The maximum atomic E-state index is 13.0. The number of rotatable bonds is 4. The number of aromatic nitrogens is 4. The Balaban J connectivity index is 1.91. The largest absolute Gasteiger partial charge is 0.404 e. The number of halogens is 1. The molecular weight excluding hydrogens is 309 g/mol. The number of H-pyrrole nitrogens is 1. The maximum Gasteiger partial charge on any atom is 0.203 e. The molecule has 0 saturated heterocycles. The average Bonchev–Trinajstić information content (AvgIpc) is 3.02. The van der Waals surface area contributed by atoms with E-state index in [0.717, 1.165) is 16.8 Å². The van der Waals surface area contributed by atoms with Crippen molar-refractivity contribution in [3.8, 4) is 0 Å². The molecule has 2 heterocycles. The molecule has 0 spiro atoms. The van der Waals surface area contributed by atoms with Crippen molar-refractivity contribution in [2.75, 3.05) is 5.73 Å². The van der Waals surface area contributed by atoms with E-state index in [4.69, 9.17) is 11.5 Å². The number of anilines is 1. The molecule has 2 aromatic heterocycles. The molecule has 8 heteroatoms. The van der Waals surface area contributed by atoms with Gasteiger partial charge in [-0.3, -0.25) is 4.99 Å². The Labute approximate surface area is 137 Å². The third kappa shape index (κ3) is 3.22. The van der Waals surface area contributed by atoms with Gasteiger partial charge in [-0.1, -0.05) is 0 Å². The Morgan fingerprint density at radius 1 is 1.29 bits per heavy atom. The molecule has 0 amide bonds. The van der Waals surface area contributed by atoms with Gasteiger partial charge in [0.2, 0.25) is 5.65 Å². The highest BCUT2D eigenvalue weighted by Gasteiger charge is 2.12. The first-order chi connectivity index (χ1) is 11.6. The number of benzene rings is 1. The van der Waals surface area contributed by atoms with Crippen molar-refractivity contribution in [2.24, 2.45) is 10.7 Å². The number of pyridine rings is 1. The minimum atomic E-state index is -0.304. The van der Waals surface area contributed by atoms with Crippen LogP contribution in [0.2, 0.25) is 0 Å². The van der Waals surface area contributed by atoms with E-state index in [1.54, 1.807) is 18.2 Å². The first-order valence-electron chi connectivity index (χ1n) is 7.24. The highest BCUT2D eigenvalue weighted by molar-refractivity contribution is 6.00. The van der Waals surface area contributed by atoms with Crippen molar-refractivity contribution in [3.63, 3.8) is 0 Å². The van der Waals surface area contributed by atoms with E-state index >= 15 is 0 Å². The molecule has 122 valence electrons. The SMILES string of the molecule is CC(=Nc1ccc(F)cc1)C(=CN)Cc1cc(N)nc2n[nH]nc12. The second-order valence-electron chi connectivity index (χ2n) is 5.24. The molecule has 0 fully saturated rings. The second-order valence-corrected chi connectivity index (χ2v) is 5.24. The Hall–Kier alpha value is -3.29. The van der Waals surface area contributed by atoms with Gasteiger partial charge in [-0.15, -0.1) is 5.10 Å². The smallest absolute Gasteiger partial charge is 0.203 e. The summed E-state index contributed by atoms with van der Waals surface area (Å²) in [7, 11) is 0. The molecule has 0 radical (unpaired) electrons. The lowest BCUT2D eigenvalue weighted by atomic mass is 10.0. The number of allylic oxidation sites excluding steroid dienone is 1. The van der Waals surface area contributed by atoms with Crippen LogP contribution in [0.25, 0.3) is 11.2 Å². The topological polar surface area (TPSA) is 119 Å². The lowest BCUT2D eigenvalue weighted by Gasteiger charge is -2.08. The number of hydrogen-bond acceptors (Lipinski definition) is 6. The molecule has 0 atom stereocenters. The van der Waals surface area contributed by atoms with Crippen LogP contribution in [0.15, 0.2) is 47.1 Å². The van der Waals surface area contributed by atoms with Crippen molar-refractivity contribution in [1.82, 2.24) is 20.4 Å². The quantitative estimate of drug-likeness (QED) is 0.636. The normalized spacial score (nSPS) is 12.8. The molecule has 0 unspecified atom stereocenters. The van der Waals surface area contributed by atoms with Crippen LogP contribution in [0.4, 0.5) is 15.9 Å². The highest BCUT2D eigenvalue weighted by Crippen LogP contribution is 2.20. The first-order valence-corrected chi connectivity index (χ1v) is 7.24. The van der Waals surface area contributed by atoms with Gasteiger partial charge in [-0.2, -0.15) is 10.3 Å². The molecule has 0 saturated carbocycles. The van der Waals surface area contributed by atoms with Crippen molar-refractivity contribution < 1.29 is 4.39 Å². The molecule has 3 aromatic rings. The van der Waals surface area contributed by atoms with Gasteiger partial charge in [0, 0.05) is 12.1 Å². The van der Waals surface area contributed by atoms with Crippen molar-refractivity contribution in [2.45, 2.75) is 13.3 Å². The Bertz CT molecular complexity index is 925. The average molecular weight is 325 g/mol. The van der Waals surface area contributed by atoms with Gasteiger partial charge in [-0.05, 0) is 54.6 Å². The van der Waals surface area contributed by atoms with E-state index in [1.165, 1.54) is 18.3 Å². The van der Waals surface area contributed by atoms with Gasteiger partial charge in [0.05, 0.1) is 5.69 Å². The molecule has 0 aliphatic carbocycles. The number of fused-ring (bicyclic) bond motifs is 1.